The zero-order chi connectivity index (χ0) is 17.4. The van der Waals surface area contributed by atoms with Crippen LogP contribution in [-0.2, 0) is 20.9 Å². The molecule has 0 N–H and O–H groups in total. The molecule has 1 aromatic heterocycles. The van der Waals surface area contributed by atoms with E-state index in [0.29, 0.717) is 25.1 Å². The Morgan fingerprint density at radius 3 is 2.33 bits per heavy atom. The minimum atomic E-state index is -0.795. The molecule has 1 saturated heterocycles. The quantitative estimate of drug-likeness (QED) is 0.624. The van der Waals surface area contributed by atoms with Crippen LogP contribution in [0, 0.1) is 18.8 Å². The number of hydrogen-bond donors (Lipinski definition) is 0. The molecule has 6 heteroatoms. The molecular formula is C18H22N2O4. The van der Waals surface area contributed by atoms with Gasteiger partial charge in [-0.25, -0.2) is 0 Å². The topological polar surface area (TPSA) is 70.8 Å². The summed E-state index contributed by atoms with van der Waals surface area (Å²) in [4.78, 5) is 40.4. The fourth-order valence-corrected chi connectivity index (χ4v) is 3.52. The van der Waals surface area contributed by atoms with E-state index in [1.807, 2.05) is 31.2 Å². The van der Waals surface area contributed by atoms with Crippen molar-refractivity contribution in [1.29, 1.82) is 0 Å². The van der Waals surface area contributed by atoms with Crippen LogP contribution in [0.4, 0.5) is 0 Å². The molecule has 3 amide bonds. The van der Waals surface area contributed by atoms with Gasteiger partial charge in [0, 0.05) is 7.05 Å². The van der Waals surface area contributed by atoms with Crippen molar-refractivity contribution in [3.63, 3.8) is 0 Å². The first-order valence-corrected chi connectivity index (χ1v) is 8.22. The number of nitrogens with zero attached hydrogens (tertiary/aromatic N) is 2. The van der Waals surface area contributed by atoms with Crippen LogP contribution in [-0.4, -0.2) is 40.6 Å². The Hall–Kier alpha value is -2.37. The third-order valence-electron chi connectivity index (χ3n) is 4.85. The Kier molecular flexibility index (Phi) is 4.30. The van der Waals surface area contributed by atoms with Crippen LogP contribution >= 0.6 is 0 Å². The normalized spacial score (nSPS) is 24.2. The Labute approximate surface area is 141 Å². The molecule has 6 nitrogen and oxygen atoms in total. The summed E-state index contributed by atoms with van der Waals surface area (Å²) in [6.07, 6.45) is 5.03. The predicted octanol–water partition coefficient (Wildman–Crippen LogP) is 1.89. The SMILES string of the molecule is Cc1ccc(CN(C)C(=O)[C@H](C)N2C(=O)C3CC=CCC3C2=O)o1. The number of hydrogen-bond acceptors (Lipinski definition) is 4. The van der Waals surface area contributed by atoms with Crippen LogP contribution < -0.4 is 0 Å². The fraction of sp³-hybridized carbons (Fsp3) is 0.500. The average molecular weight is 330 g/mol. The number of rotatable bonds is 4. The molecule has 0 spiro atoms. The molecule has 0 bridgehead atoms. The highest BCUT2D eigenvalue weighted by Gasteiger charge is 2.50. The molecule has 1 aliphatic heterocycles. The second-order valence-corrected chi connectivity index (χ2v) is 6.58. The highest BCUT2D eigenvalue weighted by molar-refractivity contribution is 6.08. The van der Waals surface area contributed by atoms with E-state index in [2.05, 4.69) is 0 Å². The molecule has 2 heterocycles. The van der Waals surface area contributed by atoms with Gasteiger partial charge in [0.25, 0.3) is 0 Å². The Balaban J connectivity index is 1.71. The summed E-state index contributed by atoms with van der Waals surface area (Å²) in [6, 6.07) is 2.86. The van der Waals surface area contributed by atoms with Gasteiger partial charge in [-0.1, -0.05) is 12.2 Å². The van der Waals surface area contributed by atoms with Crippen molar-refractivity contribution < 1.29 is 18.8 Å². The van der Waals surface area contributed by atoms with Gasteiger partial charge in [0.15, 0.2) is 0 Å². The molecule has 1 aliphatic carbocycles. The average Bonchev–Trinajstić information content (AvgIpc) is 3.08. The lowest BCUT2D eigenvalue weighted by atomic mass is 9.85. The van der Waals surface area contributed by atoms with Gasteiger partial charge in [-0.05, 0) is 38.8 Å². The summed E-state index contributed by atoms with van der Waals surface area (Å²) in [6.45, 7) is 3.76. The van der Waals surface area contributed by atoms with E-state index in [0.717, 1.165) is 10.7 Å². The molecule has 2 unspecified atom stereocenters. The summed E-state index contributed by atoms with van der Waals surface area (Å²) in [5.41, 5.74) is 0. The van der Waals surface area contributed by atoms with Gasteiger partial charge >= 0.3 is 0 Å². The molecule has 3 rings (SSSR count). The number of allylic oxidation sites excluding steroid dienone is 2. The molecule has 24 heavy (non-hydrogen) atoms. The second-order valence-electron chi connectivity index (χ2n) is 6.58. The summed E-state index contributed by atoms with van der Waals surface area (Å²) < 4.78 is 5.48. The first-order chi connectivity index (χ1) is 11.4. The molecule has 0 radical (unpaired) electrons. The van der Waals surface area contributed by atoms with Gasteiger partial charge in [0.2, 0.25) is 17.7 Å². The minimum Gasteiger partial charge on any atom is -0.464 e. The van der Waals surface area contributed by atoms with E-state index < -0.39 is 6.04 Å². The van der Waals surface area contributed by atoms with E-state index >= 15 is 0 Å². The summed E-state index contributed by atoms with van der Waals surface area (Å²) in [5, 5.41) is 0. The van der Waals surface area contributed by atoms with E-state index in [1.165, 1.54) is 4.90 Å². The highest BCUT2D eigenvalue weighted by atomic mass is 16.3. The van der Waals surface area contributed by atoms with Crippen molar-refractivity contribution in [3.05, 3.63) is 35.8 Å². The van der Waals surface area contributed by atoms with Gasteiger partial charge < -0.3 is 9.32 Å². The maximum absolute atomic E-state index is 12.7. The predicted molar refractivity (Wildman–Crippen MR) is 86.6 cm³/mol. The largest absolute Gasteiger partial charge is 0.464 e. The third kappa shape index (κ3) is 2.77. The standard InChI is InChI=1S/C18H22N2O4/c1-11-8-9-13(24-11)10-19(3)16(21)12(2)20-17(22)14-6-4-5-7-15(14)18(20)23/h4-5,8-9,12,14-15H,6-7,10H2,1-3H3/t12-,14?,15?/m0/s1. The van der Waals surface area contributed by atoms with Crippen molar-refractivity contribution in [3.8, 4) is 0 Å². The van der Waals surface area contributed by atoms with Crippen LogP contribution in [0.15, 0.2) is 28.7 Å². The molecular weight excluding hydrogens is 308 g/mol. The van der Waals surface area contributed by atoms with Crippen LogP contribution in [0.2, 0.25) is 0 Å². The van der Waals surface area contributed by atoms with Crippen molar-refractivity contribution in [2.45, 2.75) is 39.3 Å². The Morgan fingerprint density at radius 2 is 1.83 bits per heavy atom. The number of fused-ring (bicyclic) bond motifs is 1. The van der Waals surface area contributed by atoms with Gasteiger partial charge in [0.1, 0.15) is 17.6 Å². The molecule has 3 atom stereocenters. The third-order valence-corrected chi connectivity index (χ3v) is 4.85. The zero-order valence-electron chi connectivity index (χ0n) is 14.2. The van der Waals surface area contributed by atoms with E-state index in [1.54, 1.807) is 14.0 Å². The number of aryl methyl sites for hydroxylation is 1. The van der Waals surface area contributed by atoms with Crippen LogP contribution in [0.25, 0.3) is 0 Å². The summed E-state index contributed by atoms with van der Waals surface area (Å²) in [7, 11) is 1.65. The van der Waals surface area contributed by atoms with Crippen molar-refractivity contribution >= 4 is 17.7 Å². The van der Waals surface area contributed by atoms with Crippen molar-refractivity contribution in [2.75, 3.05) is 7.05 Å². The Bertz CT molecular complexity index is 680. The number of furan rings is 1. The molecule has 0 aromatic carbocycles. The van der Waals surface area contributed by atoms with Crippen LogP contribution in [0.5, 0.6) is 0 Å². The van der Waals surface area contributed by atoms with Gasteiger partial charge in [0.05, 0.1) is 18.4 Å². The zero-order valence-corrected chi connectivity index (χ0v) is 14.2. The van der Waals surface area contributed by atoms with E-state index in [-0.39, 0.29) is 29.6 Å². The van der Waals surface area contributed by atoms with E-state index in [9.17, 15) is 14.4 Å². The second kappa shape index (κ2) is 6.26. The maximum atomic E-state index is 12.7. The maximum Gasteiger partial charge on any atom is 0.245 e. The lowest BCUT2D eigenvalue weighted by Crippen LogP contribution is -2.48. The lowest BCUT2D eigenvalue weighted by molar-refractivity contribution is -0.150. The van der Waals surface area contributed by atoms with Crippen molar-refractivity contribution in [2.24, 2.45) is 11.8 Å². The number of likely N-dealkylation sites (N-methyl/N-ethyl adjacent to an activating group) is 1. The van der Waals surface area contributed by atoms with Crippen molar-refractivity contribution in [1.82, 2.24) is 9.80 Å². The van der Waals surface area contributed by atoms with Gasteiger partial charge in [-0.2, -0.15) is 0 Å². The number of likely N-dealkylation sites (tertiary alicyclic amines) is 1. The number of imide groups is 1. The lowest BCUT2D eigenvalue weighted by Gasteiger charge is -2.26. The fourth-order valence-electron chi connectivity index (χ4n) is 3.52. The van der Waals surface area contributed by atoms with Crippen LogP contribution in [0.3, 0.4) is 0 Å². The molecule has 1 aromatic rings. The van der Waals surface area contributed by atoms with E-state index in [4.69, 9.17) is 4.42 Å². The highest BCUT2D eigenvalue weighted by Crippen LogP contribution is 2.36. The van der Waals surface area contributed by atoms with Gasteiger partial charge in [-0.15, -0.1) is 0 Å². The Morgan fingerprint density at radius 1 is 1.25 bits per heavy atom. The molecule has 0 saturated carbocycles. The van der Waals surface area contributed by atoms with Gasteiger partial charge in [-0.3, -0.25) is 19.3 Å². The number of amides is 3. The molecule has 2 aliphatic rings. The molecule has 128 valence electrons. The summed E-state index contributed by atoms with van der Waals surface area (Å²) in [5.74, 6) is 0.117. The smallest absolute Gasteiger partial charge is 0.245 e. The number of carbonyl (C=O) groups excluding carboxylic acids is 3. The first kappa shape index (κ1) is 16.5. The first-order valence-electron chi connectivity index (χ1n) is 8.22. The minimum absolute atomic E-state index is 0.225. The number of carbonyl (C=O) groups is 3. The summed E-state index contributed by atoms with van der Waals surface area (Å²) >= 11 is 0. The molecule has 1 fully saturated rings. The van der Waals surface area contributed by atoms with Crippen LogP contribution in [0.1, 0.15) is 31.3 Å². The monoisotopic (exact) mass is 330 g/mol.